The summed E-state index contributed by atoms with van der Waals surface area (Å²) in [4.78, 5) is 27.1. The Morgan fingerprint density at radius 2 is 2.19 bits per heavy atom. The smallest absolute Gasteiger partial charge is 0.309 e. The van der Waals surface area contributed by atoms with Crippen LogP contribution in [0.1, 0.15) is 6.92 Å². The molecule has 2 N–H and O–H groups in total. The molecule has 2 heterocycles. The maximum atomic E-state index is 11.8. The lowest BCUT2D eigenvalue weighted by atomic mass is 10.1. The minimum absolute atomic E-state index is 0.0243. The van der Waals surface area contributed by atoms with E-state index in [0.717, 1.165) is 0 Å². The number of carbonyl (C=O) groups excluding carboxylic acids is 1. The molecular weight excluding hydrogens is 298 g/mol. The first-order valence-electron chi connectivity index (χ1n) is 5.86. The number of rotatable bonds is 1. The molecule has 0 saturated heterocycles. The molecular formula is C13H8ClN3O4. The van der Waals surface area contributed by atoms with Gasteiger partial charge in [0.25, 0.3) is 11.4 Å². The van der Waals surface area contributed by atoms with Gasteiger partial charge in [0, 0.05) is 17.3 Å². The summed E-state index contributed by atoms with van der Waals surface area (Å²) >= 11 is 5.87. The molecule has 0 aliphatic heterocycles. The van der Waals surface area contributed by atoms with Crippen LogP contribution in [0, 0.1) is 0 Å². The summed E-state index contributed by atoms with van der Waals surface area (Å²) < 4.78 is 4.89. The van der Waals surface area contributed by atoms with Crippen molar-refractivity contribution in [3.05, 3.63) is 33.6 Å². The zero-order chi connectivity index (χ0) is 15.1. The minimum Gasteiger partial charge on any atom is -0.506 e. The monoisotopic (exact) mass is 305 g/mol. The molecule has 7 nitrogen and oxygen atoms in total. The molecule has 0 bridgehead atoms. The van der Waals surface area contributed by atoms with E-state index in [2.05, 4.69) is 15.2 Å². The van der Waals surface area contributed by atoms with Crippen LogP contribution in [-0.2, 0) is 4.79 Å². The molecule has 106 valence electrons. The molecule has 0 saturated carbocycles. The number of carbonyl (C=O) groups is 1. The lowest BCUT2D eigenvalue weighted by Crippen LogP contribution is -2.13. The fourth-order valence-electron chi connectivity index (χ4n) is 2.01. The van der Waals surface area contributed by atoms with Crippen LogP contribution in [0.2, 0.25) is 5.02 Å². The first kappa shape index (κ1) is 13.3. The van der Waals surface area contributed by atoms with E-state index in [1.807, 2.05) is 0 Å². The number of halogens is 1. The molecule has 0 aliphatic rings. The third-order valence-corrected chi connectivity index (χ3v) is 3.08. The standard InChI is InChI=1S/C13H8ClN3O4/c1-5(18)21-13-9-10(12(20)16-17-13)15-8-4-6(14)2-3-7(8)11(9)19/h2-4H,1H3,(H,15,19)(H,16,20). The zero-order valence-corrected chi connectivity index (χ0v) is 11.4. The molecule has 21 heavy (non-hydrogen) atoms. The quantitative estimate of drug-likeness (QED) is 0.524. The van der Waals surface area contributed by atoms with Crippen LogP contribution in [0.3, 0.4) is 0 Å². The highest BCUT2D eigenvalue weighted by atomic mass is 35.5. The van der Waals surface area contributed by atoms with E-state index in [1.165, 1.54) is 13.0 Å². The van der Waals surface area contributed by atoms with Crippen molar-refractivity contribution >= 4 is 39.4 Å². The first-order chi connectivity index (χ1) is 9.97. The van der Waals surface area contributed by atoms with Crippen molar-refractivity contribution in [1.82, 2.24) is 15.2 Å². The van der Waals surface area contributed by atoms with Crippen molar-refractivity contribution in [2.75, 3.05) is 0 Å². The number of H-pyrrole nitrogens is 1. The molecule has 1 aromatic carbocycles. The summed E-state index contributed by atoms with van der Waals surface area (Å²) in [5.41, 5.74) is -0.357. The normalized spacial score (nSPS) is 11.0. The number of aromatic nitrogens is 3. The molecule has 2 aromatic heterocycles. The summed E-state index contributed by atoms with van der Waals surface area (Å²) in [6.45, 7) is 1.18. The molecule has 0 aliphatic carbocycles. The second-order valence-electron chi connectivity index (χ2n) is 4.30. The Morgan fingerprint density at radius 3 is 2.90 bits per heavy atom. The molecule has 0 atom stereocenters. The van der Waals surface area contributed by atoms with E-state index >= 15 is 0 Å². The van der Waals surface area contributed by atoms with E-state index < -0.39 is 11.5 Å². The van der Waals surface area contributed by atoms with Crippen molar-refractivity contribution < 1.29 is 14.6 Å². The predicted octanol–water partition coefficient (Wildman–Crippen LogP) is 1.76. The molecule has 0 spiro atoms. The average molecular weight is 306 g/mol. The zero-order valence-electron chi connectivity index (χ0n) is 10.7. The number of ether oxygens (including phenoxy) is 1. The summed E-state index contributed by atoms with van der Waals surface area (Å²) in [5.74, 6) is -1.09. The number of fused-ring (bicyclic) bond motifs is 2. The van der Waals surface area contributed by atoms with Gasteiger partial charge in [0.1, 0.15) is 16.7 Å². The summed E-state index contributed by atoms with van der Waals surface area (Å²) in [6, 6.07) is 4.64. The fraction of sp³-hybridized carbons (Fsp3) is 0.0769. The van der Waals surface area contributed by atoms with Crippen molar-refractivity contribution in [3.63, 3.8) is 0 Å². The van der Waals surface area contributed by atoms with Crippen LogP contribution < -0.4 is 10.3 Å². The lowest BCUT2D eigenvalue weighted by molar-refractivity contribution is -0.132. The Hall–Kier alpha value is -2.67. The number of hydrogen-bond acceptors (Lipinski definition) is 6. The van der Waals surface area contributed by atoms with Gasteiger partial charge in [-0.15, -0.1) is 5.10 Å². The van der Waals surface area contributed by atoms with Gasteiger partial charge in [0.2, 0.25) is 0 Å². The maximum absolute atomic E-state index is 11.8. The van der Waals surface area contributed by atoms with Gasteiger partial charge in [-0.2, -0.15) is 0 Å². The van der Waals surface area contributed by atoms with Crippen molar-refractivity contribution in [1.29, 1.82) is 0 Å². The summed E-state index contributed by atoms with van der Waals surface area (Å²) in [5, 5.41) is 16.9. The lowest BCUT2D eigenvalue weighted by Gasteiger charge is -2.08. The van der Waals surface area contributed by atoms with Crippen LogP contribution in [0.5, 0.6) is 11.6 Å². The second kappa shape index (κ2) is 4.71. The van der Waals surface area contributed by atoms with Gasteiger partial charge < -0.3 is 9.84 Å². The molecule has 0 radical (unpaired) electrons. The van der Waals surface area contributed by atoms with Gasteiger partial charge in [-0.05, 0) is 18.2 Å². The topological polar surface area (TPSA) is 105 Å². The third kappa shape index (κ3) is 2.17. The van der Waals surface area contributed by atoms with E-state index in [-0.39, 0.29) is 22.5 Å². The maximum Gasteiger partial charge on any atom is 0.309 e. The van der Waals surface area contributed by atoms with Crippen molar-refractivity contribution in [2.45, 2.75) is 6.92 Å². The number of nitrogens with zero attached hydrogens (tertiary/aromatic N) is 2. The van der Waals surface area contributed by atoms with Crippen LogP contribution in [-0.4, -0.2) is 26.3 Å². The Morgan fingerprint density at radius 1 is 1.43 bits per heavy atom. The van der Waals surface area contributed by atoms with Crippen molar-refractivity contribution in [2.24, 2.45) is 0 Å². The summed E-state index contributed by atoms with van der Waals surface area (Å²) in [7, 11) is 0. The molecule has 8 heteroatoms. The van der Waals surface area contributed by atoms with Gasteiger partial charge in [-0.1, -0.05) is 11.6 Å². The van der Waals surface area contributed by atoms with Crippen LogP contribution in [0.4, 0.5) is 0 Å². The Balaban J connectivity index is 2.49. The highest BCUT2D eigenvalue weighted by Gasteiger charge is 2.18. The van der Waals surface area contributed by atoms with Crippen LogP contribution in [0.25, 0.3) is 21.8 Å². The summed E-state index contributed by atoms with van der Waals surface area (Å²) in [6.07, 6.45) is 0. The van der Waals surface area contributed by atoms with E-state index in [0.29, 0.717) is 15.9 Å². The molecule has 0 amide bonds. The Labute approximate surface area is 122 Å². The number of esters is 1. The number of nitrogens with one attached hydrogen (secondary N) is 1. The molecule has 3 aromatic rings. The van der Waals surface area contributed by atoms with Crippen LogP contribution >= 0.6 is 11.6 Å². The van der Waals surface area contributed by atoms with Gasteiger partial charge in [-0.3, -0.25) is 9.59 Å². The Kier molecular flexibility index (Phi) is 2.99. The Bertz CT molecular complexity index is 951. The SMILES string of the molecule is CC(=O)Oc1n[nH]c(=O)c2nc3cc(Cl)ccc3c(O)c12. The van der Waals surface area contributed by atoms with Gasteiger partial charge >= 0.3 is 5.97 Å². The van der Waals surface area contributed by atoms with Crippen molar-refractivity contribution in [3.8, 4) is 11.6 Å². The molecule has 0 fully saturated rings. The number of benzene rings is 1. The van der Waals surface area contributed by atoms with Gasteiger partial charge in [0.05, 0.1) is 5.52 Å². The third-order valence-electron chi connectivity index (χ3n) is 2.85. The number of aromatic hydroxyl groups is 1. The largest absolute Gasteiger partial charge is 0.506 e. The number of aromatic amines is 1. The highest BCUT2D eigenvalue weighted by molar-refractivity contribution is 6.31. The van der Waals surface area contributed by atoms with Crippen LogP contribution in [0.15, 0.2) is 23.0 Å². The van der Waals surface area contributed by atoms with Gasteiger partial charge in [0.15, 0.2) is 0 Å². The van der Waals surface area contributed by atoms with E-state index in [4.69, 9.17) is 16.3 Å². The predicted molar refractivity (Wildman–Crippen MR) is 75.6 cm³/mol. The average Bonchev–Trinajstić information content (AvgIpc) is 2.41. The molecule has 3 rings (SSSR count). The van der Waals surface area contributed by atoms with Gasteiger partial charge in [-0.25, -0.2) is 10.1 Å². The van der Waals surface area contributed by atoms with E-state index in [1.54, 1.807) is 12.1 Å². The molecule has 0 unspecified atom stereocenters. The van der Waals surface area contributed by atoms with E-state index in [9.17, 15) is 14.7 Å². The first-order valence-corrected chi connectivity index (χ1v) is 6.24. The number of pyridine rings is 1. The highest BCUT2D eigenvalue weighted by Crippen LogP contribution is 2.35. The number of hydrogen-bond donors (Lipinski definition) is 2. The second-order valence-corrected chi connectivity index (χ2v) is 4.73. The fourth-order valence-corrected chi connectivity index (χ4v) is 2.17. The minimum atomic E-state index is -0.633.